The van der Waals surface area contributed by atoms with E-state index in [0.717, 1.165) is 30.6 Å². The molecule has 2 saturated carbocycles. The third-order valence-corrected chi connectivity index (χ3v) is 9.72. The largest absolute Gasteiger partial charge is 0.491 e. The highest BCUT2D eigenvalue weighted by Crippen LogP contribution is 2.66. The highest BCUT2D eigenvalue weighted by atomic mass is 16.6. The van der Waals surface area contributed by atoms with Gasteiger partial charge in [0.1, 0.15) is 17.5 Å². The summed E-state index contributed by atoms with van der Waals surface area (Å²) in [5, 5.41) is 22.0. The number of allylic oxidation sites excluding steroid dienone is 1. The van der Waals surface area contributed by atoms with Gasteiger partial charge >= 0.3 is 5.97 Å². The molecule has 158 valence electrons. The summed E-state index contributed by atoms with van der Waals surface area (Å²) in [6, 6.07) is 0. The number of aliphatic hydroxyl groups is 2. The molecule has 0 aromatic rings. The molecule has 3 fully saturated rings. The number of carbonyl (C=O) groups excluding carboxylic acids is 1. The SMILES string of the molecule is CC1=C[C@@H]2[C@H](O)[C@H](C)[C@H](O)[C@H]2[C@@H]2[C@H]3C4=C5O[C@@](C)(CCC(OC4=O)[C@H]5C)[C@H]3C[C@H]12. The molecule has 5 heteroatoms. The molecule has 2 N–H and O–H groups in total. The monoisotopic (exact) mass is 400 g/mol. The van der Waals surface area contributed by atoms with Crippen LogP contribution in [0.25, 0.3) is 0 Å². The van der Waals surface area contributed by atoms with Crippen molar-refractivity contribution >= 4 is 5.97 Å². The van der Waals surface area contributed by atoms with Crippen LogP contribution in [0.15, 0.2) is 23.0 Å². The van der Waals surface area contributed by atoms with Gasteiger partial charge in [0.25, 0.3) is 0 Å². The molecule has 1 saturated heterocycles. The third-order valence-electron chi connectivity index (χ3n) is 9.72. The molecular formula is C24H32O5. The van der Waals surface area contributed by atoms with Crippen molar-refractivity contribution in [3.8, 4) is 0 Å². The van der Waals surface area contributed by atoms with Crippen LogP contribution in [0.5, 0.6) is 0 Å². The third kappa shape index (κ3) is 2.11. The summed E-state index contributed by atoms with van der Waals surface area (Å²) in [5.41, 5.74) is 1.77. The first-order valence-corrected chi connectivity index (χ1v) is 11.4. The minimum absolute atomic E-state index is 0.0126. The Morgan fingerprint density at radius 3 is 2.69 bits per heavy atom. The first-order valence-electron chi connectivity index (χ1n) is 11.4. The minimum Gasteiger partial charge on any atom is -0.491 e. The fourth-order valence-corrected chi connectivity index (χ4v) is 8.16. The van der Waals surface area contributed by atoms with E-state index in [1.165, 1.54) is 5.57 Å². The van der Waals surface area contributed by atoms with Gasteiger partial charge in [-0.25, -0.2) is 4.79 Å². The zero-order chi connectivity index (χ0) is 20.4. The zero-order valence-corrected chi connectivity index (χ0v) is 17.7. The molecule has 3 aliphatic heterocycles. The van der Waals surface area contributed by atoms with Gasteiger partial charge < -0.3 is 19.7 Å². The molecule has 0 aromatic heterocycles. The van der Waals surface area contributed by atoms with Crippen molar-refractivity contribution in [1.29, 1.82) is 0 Å². The summed E-state index contributed by atoms with van der Waals surface area (Å²) in [4.78, 5) is 13.2. The van der Waals surface area contributed by atoms with E-state index in [1.54, 1.807) is 0 Å². The van der Waals surface area contributed by atoms with Gasteiger partial charge in [0, 0.05) is 23.7 Å². The van der Waals surface area contributed by atoms with Crippen LogP contribution in [0.1, 0.15) is 47.0 Å². The Hall–Kier alpha value is -1.33. The van der Waals surface area contributed by atoms with Crippen molar-refractivity contribution in [2.75, 3.05) is 0 Å². The van der Waals surface area contributed by atoms with Crippen LogP contribution in [0.4, 0.5) is 0 Å². The number of ether oxygens (including phenoxy) is 2. The van der Waals surface area contributed by atoms with Crippen LogP contribution < -0.4 is 0 Å². The highest BCUT2D eigenvalue weighted by molar-refractivity contribution is 5.91. The summed E-state index contributed by atoms with van der Waals surface area (Å²) >= 11 is 0. The minimum atomic E-state index is -0.543. The van der Waals surface area contributed by atoms with E-state index in [9.17, 15) is 15.0 Å². The fourth-order valence-electron chi connectivity index (χ4n) is 8.16. The van der Waals surface area contributed by atoms with Crippen molar-refractivity contribution in [1.82, 2.24) is 0 Å². The van der Waals surface area contributed by atoms with E-state index in [1.807, 2.05) is 6.92 Å². The Bertz CT molecular complexity index is 844. The van der Waals surface area contributed by atoms with Gasteiger partial charge in [-0.3, -0.25) is 0 Å². The van der Waals surface area contributed by atoms with Gasteiger partial charge in [-0.15, -0.1) is 0 Å². The van der Waals surface area contributed by atoms with Gasteiger partial charge in [-0.2, -0.15) is 0 Å². The molecule has 5 nitrogen and oxygen atoms in total. The first-order chi connectivity index (χ1) is 13.7. The van der Waals surface area contributed by atoms with Crippen molar-refractivity contribution in [3.63, 3.8) is 0 Å². The molecule has 3 bridgehead atoms. The van der Waals surface area contributed by atoms with E-state index >= 15 is 0 Å². The zero-order valence-electron chi connectivity index (χ0n) is 17.7. The van der Waals surface area contributed by atoms with Crippen LogP contribution in [0.2, 0.25) is 0 Å². The fraction of sp³-hybridized carbons (Fsp3) is 0.792. The van der Waals surface area contributed by atoms with Gasteiger partial charge in [0.2, 0.25) is 0 Å². The normalized spacial score (nSPS) is 57.4. The van der Waals surface area contributed by atoms with Crippen LogP contribution in [-0.4, -0.2) is 40.1 Å². The average Bonchev–Trinajstić information content (AvgIpc) is 3.16. The quantitative estimate of drug-likeness (QED) is 0.483. The van der Waals surface area contributed by atoms with E-state index < -0.39 is 12.2 Å². The lowest BCUT2D eigenvalue weighted by atomic mass is 9.63. The Balaban J connectivity index is 1.55. The molecule has 0 spiro atoms. The Labute approximate surface area is 172 Å². The molecule has 6 rings (SSSR count). The smallest absolute Gasteiger partial charge is 0.338 e. The molecule has 1 unspecified atom stereocenters. The van der Waals surface area contributed by atoms with Gasteiger partial charge in [-0.05, 0) is 50.9 Å². The van der Waals surface area contributed by atoms with Crippen LogP contribution in [-0.2, 0) is 14.3 Å². The van der Waals surface area contributed by atoms with Gasteiger partial charge in [0.15, 0.2) is 0 Å². The number of fused-ring (bicyclic) bond motifs is 9. The van der Waals surface area contributed by atoms with Crippen molar-refractivity contribution in [2.45, 2.75) is 70.9 Å². The Morgan fingerprint density at radius 1 is 1.17 bits per heavy atom. The summed E-state index contributed by atoms with van der Waals surface area (Å²) in [6.45, 7) is 8.47. The Morgan fingerprint density at radius 2 is 1.93 bits per heavy atom. The molecule has 12 atom stereocenters. The van der Waals surface area contributed by atoms with Crippen molar-refractivity contribution in [2.24, 2.45) is 47.3 Å². The molecule has 29 heavy (non-hydrogen) atoms. The first kappa shape index (κ1) is 18.4. The number of carbonyl (C=O) groups is 1. The lowest BCUT2D eigenvalue weighted by molar-refractivity contribution is -0.154. The van der Waals surface area contributed by atoms with Crippen LogP contribution in [0, 0.1) is 47.3 Å². The van der Waals surface area contributed by atoms with Gasteiger partial charge in [0.05, 0.1) is 23.7 Å². The number of rotatable bonds is 0. The van der Waals surface area contributed by atoms with Crippen molar-refractivity contribution < 1.29 is 24.5 Å². The molecule has 3 heterocycles. The van der Waals surface area contributed by atoms with E-state index in [0.29, 0.717) is 5.92 Å². The second kappa shape index (κ2) is 5.67. The van der Waals surface area contributed by atoms with E-state index in [2.05, 4.69) is 26.8 Å². The lowest BCUT2D eigenvalue weighted by Gasteiger charge is -2.48. The highest BCUT2D eigenvalue weighted by Gasteiger charge is 2.66. The molecule has 0 aromatic carbocycles. The molecular weight excluding hydrogens is 368 g/mol. The molecule has 6 aliphatic rings. The summed E-state index contributed by atoms with van der Waals surface area (Å²) in [5.74, 6) is 1.34. The maximum atomic E-state index is 13.2. The summed E-state index contributed by atoms with van der Waals surface area (Å²) in [6.07, 6.45) is 3.79. The lowest BCUT2D eigenvalue weighted by Crippen LogP contribution is -2.49. The second-order valence-electron chi connectivity index (χ2n) is 10.9. The standard InChI is InChI=1S/C24H32O5/c1-9-7-13-17(21(26)11(3)20(13)25)16-12(9)8-14-18(16)19-22-10(2)15(28-23(19)27)5-6-24(14,4)29-22/h7,10-18,20-21,25-26H,5-6,8H2,1-4H3/t10-,11+,12-,13+,14+,15?,16-,17-,18+,20-,21+,24+/m1/s1. The number of hydrogen-bond acceptors (Lipinski definition) is 5. The maximum Gasteiger partial charge on any atom is 0.338 e. The molecule has 0 amide bonds. The van der Waals surface area contributed by atoms with Crippen LogP contribution >= 0.6 is 0 Å². The number of hydrogen-bond donors (Lipinski definition) is 2. The van der Waals surface area contributed by atoms with E-state index in [-0.39, 0.29) is 59.1 Å². The summed E-state index contributed by atoms with van der Waals surface area (Å²) in [7, 11) is 0. The molecule has 0 radical (unpaired) electrons. The maximum absolute atomic E-state index is 13.2. The Kier molecular flexibility index (Phi) is 3.61. The second-order valence-corrected chi connectivity index (χ2v) is 10.9. The molecule has 3 aliphatic carbocycles. The number of aliphatic hydroxyl groups excluding tert-OH is 2. The summed E-state index contributed by atoms with van der Waals surface area (Å²) < 4.78 is 12.6. The van der Waals surface area contributed by atoms with Crippen LogP contribution in [0.3, 0.4) is 0 Å². The number of esters is 1. The van der Waals surface area contributed by atoms with E-state index in [4.69, 9.17) is 9.47 Å². The predicted octanol–water partition coefficient (Wildman–Crippen LogP) is 2.82. The topological polar surface area (TPSA) is 76.0 Å². The predicted molar refractivity (Wildman–Crippen MR) is 105 cm³/mol. The van der Waals surface area contributed by atoms with Gasteiger partial charge in [-0.1, -0.05) is 25.5 Å². The average molecular weight is 401 g/mol. The van der Waals surface area contributed by atoms with Crippen molar-refractivity contribution in [3.05, 3.63) is 23.0 Å².